The second kappa shape index (κ2) is 6.12. The summed E-state index contributed by atoms with van der Waals surface area (Å²) < 4.78 is 13.2. The van der Waals surface area contributed by atoms with Crippen LogP contribution in [0.3, 0.4) is 0 Å². The molecule has 4 nitrogen and oxygen atoms in total. The molecule has 3 aromatic rings. The first-order chi connectivity index (χ1) is 10.7. The van der Waals surface area contributed by atoms with E-state index >= 15 is 0 Å². The highest BCUT2D eigenvalue weighted by atomic mass is 16.5. The zero-order chi connectivity index (χ0) is 15.5. The molecule has 0 aliphatic rings. The molecule has 0 bridgehead atoms. The lowest BCUT2D eigenvalue weighted by Gasteiger charge is -2.08. The van der Waals surface area contributed by atoms with E-state index in [1.54, 1.807) is 7.11 Å². The van der Waals surface area contributed by atoms with Crippen molar-refractivity contribution in [1.82, 2.24) is 4.57 Å². The van der Waals surface area contributed by atoms with Crippen molar-refractivity contribution in [3.63, 3.8) is 0 Å². The van der Waals surface area contributed by atoms with Crippen LogP contribution in [0.15, 0.2) is 48.5 Å². The monoisotopic (exact) mass is 296 g/mol. The Morgan fingerprint density at radius 1 is 1.05 bits per heavy atom. The Morgan fingerprint density at radius 3 is 2.45 bits per heavy atom. The summed E-state index contributed by atoms with van der Waals surface area (Å²) in [5.41, 5.74) is 9.27. The topological polar surface area (TPSA) is 49.4 Å². The van der Waals surface area contributed by atoms with Gasteiger partial charge in [-0.25, -0.2) is 0 Å². The third-order valence-corrected chi connectivity index (χ3v) is 3.94. The van der Waals surface area contributed by atoms with Crippen molar-refractivity contribution >= 4 is 10.9 Å². The van der Waals surface area contributed by atoms with E-state index in [-0.39, 0.29) is 0 Å². The summed E-state index contributed by atoms with van der Waals surface area (Å²) in [4.78, 5) is 0. The highest BCUT2D eigenvalue weighted by molar-refractivity contribution is 5.84. The molecule has 2 aromatic carbocycles. The van der Waals surface area contributed by atoms with E-state index in [1.807, 2.05) is 30.3 Å². The molecular weight excluding hydrogens is 276 g/mol. The van der Waals surface area contributed by atoms with E-state index in [2.05, 4.69) is 29.8 Å². The summed E-state index contributed by atoms with van der Waals surface area (Å²) in [6.07, 6.45) is 0. The third kappa shape index (κ3) is 2.65. The van der Waals surface area contributed by atoms with Gasteiger partial charge >= 0.3 is 0 Å². The second-order valence-electron chi connectivity index (χ2n) is 5.21. The van der Waals surface area contributed by atoms with Gasteiger partial charge in [0, 0.05) is 24.5 Å². The number of aryl methyl sites for hydroxylation is 1. The predicted octanol–water partition coefficient (Wildman–Crippen LogP) is 3.22. The largest absolute Gasteiger partial charge is 0.497 e. The van der Waals surface area contributed by atoms with Gasteiger partial charge < -0.3 is 19.8 Å². The van der Waals surface area contributed by atoms with E-state index in [9.17, 15) is 0 Å². The molecule has 0 unspecified atom stereocenters. The van der Waals surface area contributed by atoms with Gasteiger partial charge in [0.05, 0.1) is 12.8 Å². The van der Waals surface area contributed by atoms with Gasteiger partial charge in [-0.3, -0.25) is 0 Å². The van der Waals surface area contributed by atoms with Gasteiger partial charge in [0.2, 0.25) is 0 Å². The van der Waals surface area contributed by atoms with Crippen LogP contribution >= 0.6 is 0 Å². The van der Waals surface area contributed by atoms with Gasteiger partial charge in [0.1, 0.15) is 18.1 Å². The smallest absolute Gasteiger partial charge is 0.128 e. The maximum atomic E-state index is 5.87. The molecule has 4 heteroatoms. The number of nitrogens with two attached hydrogens (primary N) is 1. The molecule has 22 heavy (non-hydrogen) atoms. The van der Waals surface area contributed by atoms with Gasteiger partial charge in [-0.1, -0.05) is 12.1 Å². The van der Waals surface area contributed by atoms with Crippen LogP contribution in [0.1, 0.15) is 11.3 Å². The number of fused-ring (bicyclic) bond motifs is 1. The highest BCUT2D eigenvalue weighted by Crippen LogP contribution is 2.24. The summed E-state index contributed by atoms with van der Waals surface area (Å²) >= 11 is 0. The van der Waals surface area contributed by atoms with Crippen molar-refractivity contribution < 1.29 is 9.47 Å². The number of ether oxygens (including phenoxy) is 2. The third-order valence-electron chi connectivity index (χ3n) is 3.94. The standard InChI is InChI=1S/C18H20N2O2/c1-20-14(10-17-13(11-19)4-3-5-18(17)20)12-22-16-8-6-15(21-2)7-9-16/h3-10H,11-12,19H2,1-2H3. The van der Waals surface area contributed by atoms with Crippen molar-refractivity contribution in [1.29, 1.82) is 0 Å². The Hall–Kier alpha value is -2.46. The molecule has 0 fully saturated rings. The Balaban J connectivity index is 1.82. The van der Waals surface area contributed by atoms with Gasteiger partial charge in [-0.05, 0) is 42.0 Å². The van der Waals surface area contributed by atoms with Crippen molar-refractivity contribution in [3.8, 4) is 11.5 Å². The van der Waals surface area contributed by atoms with E-state index in [1.165, 1.54) is 10.9 Å². The number of aromatic nitrogens is 1. The van der Waals surface area contributed by atoms with Crippen molar-refractivity contribution in [2.75, 3.05) is 7.11 Å². The van der Waals surface area contributed by atoms with Gasteiger partial charge in [-0.15, -0.1) is 0 Å². The van der Waals surface area contributed by atoms with Gasteiger partial charge in [0.25, 0.3) is 0 Å². The Labute approximate surface area is 130 Å². The molecule has 0 radical (unpaired) electrons. The Kier molecular flexibility index (Phi) is 4.02. The van der Waals surface area contributed by atoms with Crippen molar-refractivity contribution in [2.45, 2.75) is 13.2 Å². The van der Waals surface area contributed by atoms with Crippen molar-refractivity contribution in [3.05, 3.63) is 59.8 Å². The Bertz CT molecular complexity index is 776. The van der Waals surface area contributed by atoms with E-state index in [4.69, 9.17) is 15.2 Å². The molecule has 0 spiro atoms. The lowest BCUT2D eigenvalue weighted by Crippen LogP contribution is -2.01. The van der Waals surface area contributed by atoms with E-state index < -0.39 is 0 Å². The average Bonchev–Trinajstić information content (AvgIpc) is 2.90. The number of benzene rings is 2. The number of rotatable bonds is 5. The van der Waals surface area contributed by atoms with Crippen LogP contribution in [0.4, 0.5) is 0 Å². The normalized spacial score (nSPS) is 10.9. The summed E-state index contributed by atoms with van der Waals surface area (Å²) in [7, 11) is 3.70. The second-order valence-corrected chi connectivity index (χ2v) is 5.21. The highest BCUT2D eigenvalue weighted by Gasteiger charge is 2.09. The first kappa shape index (κ1) is 14.5. The molecule has 0 aliphatic carbocycles. The zero-order valence-corrected chi connectivity index (χ0v) is 12.9. The maximum absolute atomic E-state index is 5.87. The zero-order valence-electron chi connectivity index (χ0n) is 12.9. The number of hydrogen-bond donors (Lipinski definition) is 1. The van der Waals surface area contributed by atoms with Crippen LogP contribution < -0.4 is 15.2 Å². The van der Waals surface area contributed by atoms with Crippen LogP contribution in [0.25, 0.3) is 10.9 Å². The van der Waals surface area contributed by atoms with Gasteiger partial charge in [0.15, 0.2) is 0 Å². The summed E-state index contributed by atoms with van der Waals surface area (Å²) in [5, 5.41) is 1.20. The van der Waals surface area contributed by atoms with Crippen LogP contribution in [0, 0.1) is 0 Å². The van der Waals surface area contributed by atoms with E-state index in [0.29, 0.717) is 13.2 Å². The summed E-state index contributed by atoms with van der Waals surface area (Å²) in [6.45, 7) is 1.06. The predicted molar refractivity (Wildman–Crippen MR) is 88.1 cm³/mol. The first-order valence-electron chi connectivity index (χ1n) is 7.26. The molecule has 1 aromatic heterocycles. The van der Waals surface area contributed by atoms with Crippen LogP contribution in [0.5, 0.6) is 11.5 Å². The molecule has 114 valence electrons. The first-order valence-corrected chi connectivity index (χ1v) is 7.26. The minimum Gasteiger partial charge on any atom is -0.497 e. The molecule has 3 rings (SSSR count). The minimum absolute atomic E-state index is 0.515. The molecule has 0 aliphatic heterocycles. The molecule has 2 N–H and O–H groups in total. The molecule has 0 amide bonds. The van der Waals surface area contributed by atoms with Crippen LogP contribution in [-0.2, 0) is 20.2 Å². The number of methoxy groups -OCH3 is 1. The molecule has 0 saturated heterocycles. The van der Waals surface area contributed by atoms with Crippen LogP contribution in [0.2, 0.25) is 0 Å². The number of hydrogen-bond acceptors (Lipinski definition) is 3. The number of nitrogens with zero attached hydrogens (tertiary/aromatic N) is 1. The average molecular weight is 296 g/mol. The quantitative estimate of drug-likeness (QED) is 0.786. The molecule has 1 heterocycles. The fourth-order valence-electron chi connectivity index (χ4n) is 2.62. The maximum Gasteiger partial charge on any atom is 0.128 e. The minimum atomic E-state index is 0.515. The lowest BCUT2D eigenvalue weighted by atomic mass is 10.1. The fourth-order valence-corrected chi connectivity index (χ4v) is 2.62. The summed E-state index contributed by atoms with van der Waals surface area (Å²) in [6, 6.07) is 16.0. The van der Waals surface area contributed by atoms with E-state index in [0.717, 1.165) is 22.8 Å². The Morgan fingerprint density at radius 2 is 1.77 bits per heavy atom. The van der Waals surface area contributed by atoms with Gasteiger partial charge in [-0.2, -0.15) is 0 Å². The fraction of sp³-hybridized carbons (Fsp3) is 0.222. The molecule has 0 atom stereocenters. The van der Waals surface area contributed by atoms with Crippen molar-refractivity contribution in [2.24, 2.45) is 12.8 Å². The van der Waals surface area contributed by atoms with Crippen LogP contribution in [-0.4, -0.2) is 11.7 Å². The molecule has 0 saturated carbocycles. The lowest BCUT2D eigenvalue weighted by molar-refractivity contribution is 0.297. The SMILES string of the molecule is COc1ccc(OCc2cc3c(CN)cccc3n2C)cc1. The molecular formula is C18H20N2O2. The summed E-state index contributed by atoms with van der Waals surface area (Å²) in [5.74, 6) is 1.65.